The van der Waals surface area contributed by atoms with E-state index < -0.39 is 0 Å². The SMILES string of the molecule is CCCCC1CCC(C(O)Cc2ncnn2CCC)CC1. The van der Waals surface area contributed by atoms with Crippen LogP contribution < -0.4 is 0 Å². The zero-order chi connectivity index (χ0) is 15.1. The second kappa shape index (κ2) is 8.52. The van der Waals surface area contributed by atoms with Crippen LogP contribution in [0.1, 0.15) is 71.0 Å². The summed E-state index contributed by atoms with van der Waals surface area (Å²) in [4.78, 5) is 4.32. The molecule has 1 atom stereocenters. The van der Waals surface area contributed by atoms with Gasteiger partial charge in [-0.1, -0.05) is 46.0 Å². The summed E-state index contributed by atoms with van der Waals surface area (Å²) < 4.78 is 1.94. The van der Waals surface area contributed by atoms with E-state index in [9.17, 15) is 5.11 Å². The monoisotopic (exact) mass is 293 g/mol. The van der Waals surface area contributed by atoms with E-state index in [1.165, 1.54) is 44.9 Å². The fraction of sp³-hybridized carbons (Fsp3) is 0.882. The van der Waals surface area contributed by atoms with Crippen molar-refractivity contribution >= 4 is 0 Å². The third kappa shape index (κ3) is 4.80. The minimum Gasteiger partial charge on any atom is -0.392 e. The minimum atomic E-state index is -0.253. The van der Waals surface area contributed by atoms with Gasteiger partial charge in [-0.25, -0.2) is 4.98 Å². The third-order valence-electron chi connectivity index (χ3n) is 4.92. The van der Waals surface area contributed by atoms with Gasteiger partial charge >= 0.3 is 0 Å². The lowest BCUT2D eigenvalue weighted by atomic mass is 9.77. The Labute approximate surface area is 129 Å². The first-order valence-corrected chi connectivity index (χ1v) is 8.79. The molecule has 2 rings (SSSR count). The lowest BCUT2D eigenvalue weighted by Crippen LogP contribution is -2.28. The highest BCUT2D eigenvalue weighted by atomic mass is 16.3. The van der Waals surface area contributed by atoms with Gasteiger partial charge in [0.25, 0.3) is 0 Å². The molecule has 0 saturated heterocycles. The van der Waals surface area contributed by atoms with E-state index in [1.54, 1.807) is 6.33 Å². The molecule has 1 aliphatic rings. The molecule has 4 heteroatoms. The molecule has 0 radical (unpaired) electrons. The van der Waals surface area contributed by atoms with Crippen LogP contribution in [0.3, 0.4) is 0 Å². The van der Waals surface area contributed by atoms with Crippen LogP contribution in [0.5, 0.6) is 0 Å². The molecule has 120 valence electrons. The third-order valence-corrected chi connectivity index (χ3v) is 4.92. The molecule has 1 heterocycles. The van der Waals surface area contributed by atoms with Crippen LogP contribution in [-0.2, 0) is 13.0 Å². The number of aryl methyl sites for hydroxylation is 1. The van der Waals surface area contributed by atoms with Crippen LogP contribution in [0, 0.1) is 11.8 Å². The molecule has 1 fully saturated rings. The Balaban J connectivity index is 1.79. The molecule has 0 spiro atoms. The quantitative estimate of drug-likeness (QED) is 0.797. The first kappa shape index (κ1) is 16.5. The molecule has 0 bridgehead atoms. The molecule has 4 nitrogen and oxygen atoms in total. The predicted octanol–water partition coefficient (Wildman–Crippen LogP) is 3.59. The summed E-state index contributed by atoms with van der Waals surface area (Å²) in [5, 5.41) is 14.8. The molecule has 1 unspecified atom stereocenters. The van der Waals surface area contributed by atoms with Gasteiger partial charge in [-0.2, -0.15) is 5.10 Å². The van der Waals surface area contributed by atoms with Crippen LogP contribution in [0.4, 0.5) is 0 Å². The molecule has 1 aliphatic carbocycles. The number of aliphatic hydroxyl groups is 1. The number of hydrogen-bond donors (Lipinski definition) is 1. The molecule has 1 saturated carbocycles. The highest BCUT2D eigenvalue weighted by Gasteiger charge is 2.27. The van der Waals surface area contributed by atoms with Gasteiger partial charge < -0.3 is 5.11 Å². The van der Waals surface area contributed by atoms with E-state index in [0.29, 0.717) is 12.3 Å². The Bertz CT molecular complexity index is 396. The largest absolute Gasteiger partial charge is 0.392 e. The second-order valence-electron chi connectivity index (χ2n) is 6.59. The smallest absolute Gasteiger partial charge is 0.138 e. The molecule has 1 aromatic heterocycles. The van der Waals surface area contributed by atoms with Gasteiger partial charge in [-0.15, -0.1) is 0 Å². The zero-order valence-electron chi connectivity index (χ0n) is 13.7. The summed E-state index contributed by atoms with van der Waals surface area (Å²) in [6.07, 6.45) is 12.1. The van der Waals surface area contributed by atoms with Gasteiger partial charge in [0.15, 0.2) is 0 Å². The minimum absolute atomic E-state index is 0.253. The summed E-state index contributed by atoms with van der Waals surface area (Å²) in [6.45, 7) is 5.30. The summed E-state index contributed by atoms with van der Waals surface area (Å²) in [5.41, 5.74) is 0. The molecular formula is C17H31N3O. The van der Waals surface area contributed by atoms with Gasteiger partial charge in [-0.3, -0.25) is 4.68 Å². The maximum Gasteiger partial charge on any atom is 0.138 e. The first-order valence-electron chi connectivity index (χ1n) is 8.79. The van der Waals surface area contributed by atoms with Gasteiger partial charge in [0.05, 0.1) is 6.10 Å². The molecule has 21 heavy (non-hydrogen) atoms. The summed E-state index contributed by atoms with van der Waals surface area (Å²) in [6, 6.07) is 0. The number of nitrogens with zero attached hydrogens (tertiary/aromatic N) is 3. The van der Waals surface area contributed by atoms with E-state index in [1.807, 2.05) is 4.68 Å². The summed E-state index contributed by atoms with van der Waals surface area (Å²) in [7, 11) is 0. The van der Waals surface area contributed by atoms with Gasteiger partial charge in [0.2, 0.25) is 0 Å². The van der Waals surface area contributed by atoms with Crippen LogP contribution in [0.15, 0.2) is 6.33 Å². The second-order valence-corrected chi connectivity index (χ2v) is 6.59. The van der Waals surface area contributed by atoms with Crippen molar-refractivity contribution in [1.29, 1.82) is 0 Å². The molecular weight excluding hydrogens is 262 g/mol. The molecule has 1 aromatic rings. The number of aliphatic hydroxyl groups excluding tert-OH is 1. The number of rotatable bonds is 8. The molecule has 0 aliphatic heterocycles. The topological polar surface area (TPSA) is 50.9 Å². The van der Waals surface area contributed by atoms with E-state index in [4.69, 9.17) is 0 Å². The molecule has 1 N–H and O–H groups in total. The Morgan fingerprint density at radius 3 is 2.67 bits per heavy atom. The normalized spacial score (nSPS) is 24.1. The van der Waals surface area contributed by atoms with Crippen LogP contribution in [0.2, 0.25) is 0 Å². The van der Waals surface area contributed by atoms with Crippen LogP contribution >= 0.6 is 0 Å². The van der Waals surface area contributed by atoms with E-state index >= 15 is 0 Å². The Morgan fingerprint density at radius 1 is 1.24 bits per heavy atom. The van der Waals surface area contributed by atoms with E-state index in [0.717, 1.165) is 24.7 Å². The maximum absolute atomic E-state index is 10.5. The Hall–Kier alpha value is -0.900. The molecule has 0 amide bonds. The Kier molecular flexibility index (Phi) is 6.68. The fourth-order valence-corrected chi connectivity index (χ4v) is 3.55. The fourth-order valence-electron chi connectivity index (χ4n) is 3.55. The average Bonchev–Trinajstić information content (AvgIpc) is 2.93. The van der Waals surface area contributed by atoms with Crippen molar-refractivity contribution < 1.29 is 5.11 Å². The lowest BCUT2D eigenvalue weighted by molar-refractivity contribution is 0.0701. The van der Waals surface area contributed by atoms with Crippen molar-refractivity contribution in [1.82, 2.24) is 14.8 Å². The zero-order valence-corrected chi connectivity index (χ0v) is 13.7. The van der Waals surface area contributed by atoms with Crippen molar-refractivity contribution in [2.24, 2.45) is 11.8 Å². The standard InChI is InChI=1S/C17H31N3O/c1-3-5-6-14-7-9-15(10-8-14)16(21)12-17-18-13-19-20(17)11-4-2/h13-16,21H,3-12H2,1-2H3. The first-order chi connectivity index (χ1) is 10.2. The van der Waals surface area contributed by atoms with Crippen LogP contribution in [-0.4, -0.2) is 26.0 Å². The van der Waals surface area contributed by atoms with Gasteiger partial charge in [-0.05, 0) is 31.1 Å². The van der Waals surface area contributed by atoms with Crippen molar-refractivity contribution in [2.45, 2.75) is 84.3 Å². The van der Waals surface area contributed by atoms with Crippen molar-refractivity contribution in [3.63, 3.8) is 0 Å². The van der Waals surface area contributed by atoms with Gasteiger partial charge in [0, 0.05) is 13.0 Å². The van der Waals surface area contributed by atoms with Crippen LogP contribution in [0.25, 0.3) is 0 Å². The predicted molar refractivity (Wildman–Crippen MR) is 85.0 cm³/mol. The number of unbranched alkanes of at least 4 members (excludes halogenated alkanes) is 1. The summed E-state index contributed by atoms with van der Waals surface area (Å²) >= 11 is 0. The maximum atomic E-state index is 10.5. The summed E-state index contributed by atoms with van der Waals surface area (Å²) in [5.74, 6) is 2.30. The van der Waals surface area contributed by atoms with Crippen molar-refractivity contribution in [3.8, 4) is 0 Å². The van der Waals surface area contributed by atoms with Gasteiger partial charge in [0.1, 0.15) is 12.2 Å². The van der Waals surface area contributed by atoms with E-state index in [-0.39, 0.29) is 6.10 Å². The van der Waals surface area contributed by atoms with Crippen molar-refractivity contribution in [2.75, 3.05) is 0 Å². The lowest BCUT2D eigenvalue weighted by Gasteiger charge is -2.31. The highest BCUT2D eigenvalue weighted by molar-refractivity contribution is 4.90. The number of hydrogen-bond acceptors (Lipinski definition) is 3. The number of aromatic nitrogens is 3. The van der Waals surface area contributed by atoms with Crippen molar-refractivity contribution in [3.05, 3.63) is 12.2 Å². The highest BCUT2D eigenvalue weighted by Crippen LogP contribution is 2.34. The molecule has 0 aromatic carbocycles. The average molecular weight is 293 g/mol. The van der Waals surface area contributed by atoms with E-state index in [2.05, 4.69) is 23.9 Å². The Morgan fingerprint density at radius 2 is 2.00 bits per heavy atom.